The molecular formula is C16H30N2O2. The Hall–Kier alpha value is -0.610. The van der Waals surface area contributed by atoms with Crippen molar-refractivity contribution in [3.63, 3.8) is 0 Å². The predicted molar refractivity (Wildman–Crippen MR) is 80.3 cm³/mol. The van der Waals surface area contributed by atoms with E-state index in [0.717, 1.165) is 31.8 Å². The number of carbonyl (C=O) groups excluding carboxylic acids is 1. The first-order valence-corrected chi connectivity index (χ1v) is 8.31. The fourth-order valence-corrected chi connectivity index (χ4v) is 3.82. The van der Waals surface area contributed by atoms with E-state index in [9.17, 15) is 4.79 Å². The van der Waals surface area contributed by atoms with Crippen LogP contribution in [0.4, 0.5) is 0 Å². The minimum absolute atomic E-state index is 0.0611. The quantitative estimate of drug-likeness (QED) is 0.759. The van der Waals surface area contributed by atoms with Crippen LogP contribution in [-0.2, 0) is 9.53 Å². The van der Waals surface area contributed by atoms with Gasteiger partial charge in [-0.25, -0.2) is 0 Å². The molecule has 2 fully saturated rings. The van der Waals surface area contributed by atoms with Gasteiger partial charge in [-0.15, -0.1) is 0 Å². The molecule has 4 heteroatoms. The van der Waals surface area contributed by atoms with Crippen LogP contribution in [0.2, 0.25) is 0 Å². The van der Waals surface area contributed by atoms with Crippen molar-refractivity contribution < 1.29 is 9.53 Å². The van der Waals surface area contributed by atoms with Gasteiger partial charge in [-0.3, -0.25) is 4.79 Å². The minimum atomic E-state index is -0.0611. The van der Waals surface area contributed by atoms with Crippen LogP contribution >= 0.6 is 0 Å². The third-order valence-corrected chi connectivity index (χ3v) is 4.70. The molecule has 2 rings (SSSR count). The normalized spacial score (nSPS) is 28.7. The summed E-state index contributed by atoms with van der Waals surface area (Å²) in [5.74, 6) is 1.38. The van der Waals surface area contributed by atoms with E-state index in [4.69, 9.17) is 10.5 Å². The molecule has 2 atom stereocenters. The summed E-state index contributed by atoms with van der Waals surface area (Å²) in [5.41, 5.74) is 6.20. The number of rotatable bonds is 6. The Bertz CT molecular complexity index is 303. The molecule has 0 bridgehead atoms. The summed E-state index contributed by atoms with van der Waals surface area (Å²) in [4.78, 5) is 14.0. The molecule has 2 aliphatic rings. The fraction of sp³-hybridized carbons (Fsp3) is 0.938. The molecule has 1 heterocycles. The Morgan fingerprint density at radius 2 is 2.00 bits per heavy atom. The lowest BCUT2D eigenvalue weighted by Gasteiger charge is -2.37. The van der Waals surface area contributed by atoms with Crippen LogP contribution in [0, 0.1) is 11.8 Å². The van der Waals surface area contributed by atoms with Crippen molar-refractivity contribution in [2.75, 3.05) is 26.2 Å². The van der Waals surface area contributed by atoms with Gasteiger partial charge in [0.05, 0.1) is 6.61 Å². The second-order valence-corrected chi connectivity index (χ2v) is 6.57. The summed E-state index contributed by atoms with van der Waals surface area (Å²) in [5, 5.41) is 0. The first kappa shape index (κ1) is 15.8. The van der Waals surface area contributed by atoms with E-state index in [-0.39, 0.29) is 12.0 Å². The van der Waals surface area contributed by atoms with Gasteiger partial charge in [0, 0.05) is 32.1 Å². The smallest absolute Gasteiger partial charge is 0.305 e. The van der Waals surface area contributed by atoms with E-state index in [0.29, 0.717) is 18.9 Å². The molecule has 1 aliphatic heterocycles. The topological polar surface area (TPSA) is 55.6 Å². The van der Waals surface area contributed by atoms with Gasteiger partial charge in [-0.1, -0.05) is 12.8 Å². The molecule has 116 valence electrons. The number of nitrogens with zero attached hydrogens (tertiary/aromatic N) is 1. The van der Waals surface area contributed by atoms with E-state index >= 15 is 0 Å². The highest BCUT2D eigenvalue weighted by molar-refractivity contribution is 5.69. The standard InChI is InChI=1S/C16H30N2O2/c1-2-20-16(19)8-7-14-9-15(17)12-18(11-14)10-13-5-3-4-6-13/h13-15H,2-12,17H2,1H3. The van der Waals surface area contributed by atoms with Gasteiger partial charge in [0.1, 0.15) is 0 Å². The van der Waals surface area contributed by atoms with Crippen molar-refractivity contribution in [2.45, 2.75) is 57.9 Å². The van der Waals surface area contributed by atoms with Crippen molar-refractivity contribution in [3.8, 4) is 0 Å². The second kappa shape index (κ2) is 7.99. The summed E-state index contributed by atoms with van der Waals surface area (Å²) in [6.45, 7) is 5.70. The highest BCUT2D eigenvalue weighted by Crippen LogP contribution is 2.28. The number of hydrogen-bond donors (Lipinski definition) is 1. The summed E-state index contributed by atoms with van der Waals surface area (Å²) >= 11 is 0. The molecule has 1 saturated heterocycles. The Kier molecular flexibility index (Phi) is 6.30. The van der Waals surface area contributed by atoms with E-state index in [2.05, 4.69) is 4.90 Å². The van der Waals surface area contributed by atoms with Crippen LogP contribution in [0.25, 0.3) is 0 Å². The van der Waals surface area contributed by atoms with Crippen molar-refractivity contribution in [1.29, 1.82) is 0 Å². The van der Waals surface area contributed by atoms with Gasteiger partial charge >= 0.3 is 5.97 Å². The lowest BCUT2D eigenvalue weighted by Crippen LogP contribution is -2.48. The molecule has 0 aromatic heterocycles. The van der Waals surface area contributed by atoms with Crippen LogP contribution in [-0.4, -0.2) is 43.2 Å². The lowest BCUT2D eigenvalue weighted by molar-refractivity contribution is -0.143. The van der Waals surface area contributed by atoms with Crippen molar-refractivity contribution in [1.82, 2.24) is 4.90 Å². The maximum absolute atomic E-state index is 11.5. The number of esters is 1. The molecule has 1 aliphatic carbocycles. The van der Waals surface area contributed by atoms with Gasteiger partial charge in [0.15, 0.2) is 0 Å². The SMILES string of the molecule is CCOC(=O)CCC1CC(N)CN(CC2CCCC2)C1. The molecular weight excluding hydrogens is 252 g/mol. The molecule has 0 radical (unpaired) electrons. The largest absolute Gasteiger partial charge is 0.466 e. The second-order valence-electron chi connectivity index (χ2n) is 6.57. The average Bonchev–Trinajstić information content (AvgIpc) is 2.89. The Balaban J connectivity index is 1.73. The van der Waals surface area contributed by atoms with Gasteiger partial charge in [-0.05, 0) is 44.4 Å². The number of nitrogens with two attached hydrogens (primary N) is 1. The summed E-state index contributed by atoms with van der Waals surface area (Å²) in [6.07, 6.45) is 8.10. The number of hydrogen-bond acceptors (Lipinski definition) is 4. The monoisotopic (exact) mass is 282 g/mol. The zero-order chi connectivity index (χ0) is 14.4. The third kappa shape index (κ3) is 5.06. The fourth-order valence-electron chi connectivity index (χ4n) is 3.82. The predicted octanol–water partition coefficient (Wildman–Crippen LogP) is 2.17. The highest BCUT2D eigenvalue weighted by Gasteiger charge is 2.27. The molecule has 20 heavy (non-hydrogen) atoms. The van der Waals surface area contributed by atoms with E-state index in [1.165, 1.54) is 32.2 Å². The van der Waals surface area contributed by atoms with Crippen LogP contribution in [0.3, 0.4) is 0 Å². The van der Waals surface area contributed by atoms with E-state index in [1.54, 1.807) is 0 Å². The number of piperidine rings is 1. The lowest BCUT2D eigenvalue weighted by atomic mass is 9.90. The molecule has 0 amide bonds. The Labute approximate surface area is 123 Å². The maximum Gasteiger partial charge on any atom is 0.305 e. The third-order valence-electron chi connectivity index (χ3n) is 4.70. The van der Waals surface area contributed by atoms with Crippen molar-refractivity contribution in [2.24, 2.45) is 17.6 Å². The minimum Gasteiger partial charge on any atom is -0.466 e. The van der Waals surface area contributed by atoms with Gasteiger partial charge in [0.25, 0.3) is 0 Å². The zero-order valence-electron chi connectivity index (χ0n) is 12.9. The molecule has 2 N–H and O–H groups in total. The number of carbonyl (C=O) groups is 1. The Morgan fingerprint density at radius 3 is 2.70 bits per heavy atom. The molecule has 0 aromatic carbocycles. The van der Waals surface area contributed by atoms with Crippen molar-refractivity contribution in [3.05, 3.63) is 0 Å². The first-order valence-electron chi connectivity index (χ1n) is 8.31. The summed E-state index contributed by atoms with van der Waals surface area (Å²) < 4.78 is 5.01. The maximum atomic E-state index is 11.5. The summed E-state index contributed by atoms with van der Waals surface area (Å²) in [7, 11) is 0. The molecule has 2 unspecified atom stereocenters. The highest BCUT2D eigenvalue weighted by atomic mass is 16.5. The molecule has 4 nitrogen and oxygen atoms in total. The van der Waals surface area contributed by atoms with Gasteiger partial charge < -0.3 is 15.4 Å². The van der Waals surface area contributed by atoms with Gasteiger partial charge in [0.2, 0.25) is 0 Å². The van der Waals surface area contributed by atoms with Crippen molar-refractivity contribution >= 4 is 5.97 Å². The van der Waals surface area contributed by atoms with Gasteiger partial charge in [-0.2, -0.15) is 0 Å². The molecule has 0 spiro atoms. The molecule has 1 saturated carbocycles. The van der Waals surface area contributed by atoms with E-state index in [1.807, 2.05) is 6.92 Å². The van der Waals surface area contributed by atoms with Crippen LogP contribution in [0.15, 0.2) is 0 Å². The van der Waals surface area contributed by atoms with E-state index < -0.39 is 0 Å². The number of ether oxygens (including phenoxy) is 1. The zero-order valence-corrected chi connectivity index (χ0v) is 12.9. The molecule has 0 aromatic rings. The number of likely N-dealkylation sites (tertiary alicyclic amines) is 1. The Morgan fingerprint density at radius 1 is 1.25 bits per heavy atom. The van der Waals surface area contributed by atoms with Crippen LogP contribution in [0.5, 0.6) is 0 Å². The van der Waals surface area contributed by atoms with Crippen LogP contribution < -0.4 is 5.73 Å². The summed E-state index contributed by atoms with van der Waals surface area (Å²) in [6, 6.07) is 0.275. The average molecular weight is 282 g/mol. The first-order chi connectivity index (χ1) is 9.67. The van der Waals surface area contributed by atoms with Crippen LogP contribution in [0.1, 0.15) is 51.9 Å².